The highest BCUT2D eigenvalue weighted by Gasteiger charge is 2.36. The first-order valence-electron chi connectivity index (χ1n) is 10.9. The lowest BCUT2D eigenvalue weighted by Crippen LogP contribution is -2.37. The van der Waals surface area contributed by atoms with E-state index in [1.54, 1.807) is 12.5 Å². The zero-order valence-electron chi connectivity index (χ0n) is 18.2. The average Bonchev–Trinajstić information content (AvgIpc) is 3.51. The molecule has 0 saturated carbocycles. The van der Waals surface area contributed by atoms with Gasteiger partial charge in [0.05, 0.1) is 12.4 Å². The number of aromatic amines is 1. The van der Waals surface area contributed by atoms with Gasteiger partial charge in [-0.15, -0.1) is 0 Å². The maximum atomic E-state index is 13.4. The van der Waals surface area contributed by atoms with Crippen LogP contribution < -0.4 is 4.90 Å². The van der Waals surface area contributed by atoms with Crippen molar-refractivity contribution in [1.29, 1.82) is 0 Å². The number of nitrogens with one attached hydrogen (secondary N) is 1. The van der Waals surface area contributed by atoms with Crippen molar-refractivity contribution in [2.75, 3.05) is 11.4 Å². The molecule has 4 heterocycles. The number of alkyl halides is 3. The van der Waals surface area contributed by atoms with E-state index < -0.39 is 17.9 Å². The topological polar surface area (TPSA) is 62.6 Å². The third-order valence-corrected chi connectivity index (χ3v) is 6.53. The summed E-state index contributed by atoms with van der Waals surface area (Å²) >= 11 is 6.26. The number of nitrogens with zero attached hydrogens (tertiary/aromatic N) is 5. The molecular weight excluding hydrogens is 477 g/mol. The van der Waals surface area contributed by atoms with Crippen LogP contribution in [0.2, 0.25) is 5.02 Å². The van der Waals surface area contributed by atoms with Gasteiger partial charge in [0.15, 0.2) is 0 Å². The molecule has 3 aromatic heterocycles. The Bertz CT molecular complexity index is 1510. The van der Waals surface area contributed by atoms with Gasteiger partial charge in [0.25, 0.3) is 0 Å². The Labute approximate surface area is 203 Å². The second-order valence-corrected chi connectivity index (χ2v) is 8.79. The summed E-state index contributed by atoms with van der Waals surface area (Å²) in [4.78, 5) is 17.5. The highest BCUT2D eigenvalue weighted by atomic mass is 35.5. The van der Waals surface area contributed by atoms with E-state index in [4.69, 9.17) is 11.6 Å². The zero-order valence-corrected chi connectivity index (χ0v) is 18.9. The van der Waals surface area contributed by atoms with E-state index in [2.05, 4.69) is 19.9 Å². The Kier molecular flexibility index (Phi) is 5.03. The molecule has 35 heavy (non-hydrogen) atoms. The number of fused-ring (bicyclic) bond motifs is 3. The summed E-state index contributed by atoms with van der Waals surface area (Å²) in [5.74, 6) is 0.0332. The number of imidazole rings is 1. The summed E-state index contributed by atoms with van der Waals surface area (Å²) in [6.07, 6.45) is 2.46. The number of anilines is 1. The Balaban J connectivity index is 1.50. The first-order valence-corrected chi connectivity index (χ1v) is 11.3. The van der Waals surface area contributed by atoms with Gasteiger partial charge in [-0.3, -0.25) is 0 Å². The molecule has 1 aliphatic rings. The van der Waals surface area contributed by atoms with Crippen molar-refractivity contribution in [1.82, 2.24) is 24.5 Å². The van der Waals surface area contributed by atoms with Crippen molar-refractivity contribution in [2.24, 2.45) is 0 Å². The third-order valence-electron chi connectivity index (χ3n) is 6.29. The van der Waals surface area contributed by atoms with Gasteiger partial charge in [0, 0.05) is 52.4 Å². The van der Waals surface area contributed by atoms with Crippen molar-refractivity contribution in [2.45, 2.75) is 18.6 Å². The minimum atomic E-state index is -4.56. The van der Waals surface area contributed by atoms with Crippen molar-refractivity contribution >= 4 is 28.5 Å². The molecule has 0 fully saturated rings. The molecule has 10 heteroatoms. The van der Waals surface area contributed by atoms with E-state index in [-0.39, 0.29) is 5.95 Å². The monoisotopic (exact) mass is 494 g/mol. The highest BCUT2D eigenvalue weighted by Crippen LogP contribution is 2.41. The van der Waals surface area contributed by atoms with Gasteiger partial charge < -0.3 is 14.5 Å². The lowest BCUT2D eigenvalue weighted by molar-refractivity contribution is -0.141. The van der Waals surface area contributed by atoms with Crippen LogP contribution in [0.4, 0.5) is 19.1 Å². The van der Waals surface area contributed by atoms with Crippen LogP contribution in [0.25, 0.3) is 16.6 Å². The average molecular weight is 495 g/mol. The van der Waals surface area contributed by atoms with E-state index in [1.165, 1.54) is 0 Å². The van der Waals surface area contributed by atoms with E-state index >= 15 is 0 Å². The molecule has 0 bridgehead atoms. The smallest absolute Gasteiger partial charge is 0.356 e. The van der Waals surface area contributed by atoms with Crippen LogP contribution in [0.5, 0.6) is 0 Å². The second kappa shape index (κ2) is 8.13. The minimum absolute atomic E-state index is 0.0332. The molecule has 0 spiro atoms. The number of halogens is 4. The van der Waals surface area contributed by atoms with E-state index in [1.807, 2.05) is 58.1 Å². The van der Waals surface area contributed by atoms with Crippen molar-refractivity contribution in [3.05, 3.63) is 101 Å². The summed E-state index contributed by atoms with van der Waals surface area (Å²) in [7, 11) is 0. The number of benzene rings is 2. The Hall–Kier alpha value is -3.85. The maximum Gasteiger partial charge on any atom is 0.433 e. The summed E-state index contributed by atoms with van der Waals surface area (Å²) < 4.78 is 42.1. The van der Waals surface area contributed by atoms with Gasteiger partial charge in [-0.25, -0.2) is 15.0 Å². The normalized spacial score (nSPS) is 16.0. The van der Waals surface area contributed by atoms with Crippen LogP contribution in [-0.4, -0.2) is 31.0 Å². The molecule has 1 N–H and O–H groups in total. The van der Waals surface area contributed by atoms with E-state index in [0.717, 1.165) is 45.7 Å². The lowest BCUT2D eigenvalue weighted by atomic mass is 9.92. The molecule has 0 saturated heterocycles. The molecule has 0 amide bonds. The number of rotatable bonds is 3. The number of hydrogen-bond acceptors (Lipinski definition) is 4. The maximum absolute atomic E-state index is 13.4. The van der Waals surface area contributed by atoms with Crippen LogP contribution in [-0.2, 0) is 12.6 Å². The predicted molar refractivity (Wildman–Crippen MR) is 127 cm³/mol. The quantitative estimate of drug-likeness (QED) is 0.336. The standard InChI is InChI=1S/C25H18ClF3N6/c26-16-3-6-20-19(13-16)18-8-11-35(24-31-9-7-21(33-24)25(27,28)29)23(22(18)32-20)15-1-4-17(5-2-15)34-12-10-30-14-34/h1-7,9-10,12-14,23,32H,8,11H2. The summed E-state index contributed by atoms with van der Waals surface area (Å²) in [5, 5.41) is 1.64. The Morgan fingerprint density at radius 2 is 1.86 bits per heavy atom. The van der Waals surface area contributed by atoms with Gasteiger partial charge in [-0.2, -0.15) is 13.2 Å². The van der Waals surface area contributed by atoms with Crippen LogP contribution in [0.1, 0.15) is 28.6 Å². The summed E-state index contributed by atoms with van der Waals surface area (Å²) in [6, 6.07) is 14.0. The second-order valence-electron chi connectivity index (χ2n) is 8.35. The van der Waals surface area contributed by atoms with Crippen molar-refractivity contribution < 1.29 is 13.2 Å². The molecule has 1 aliphatic heterocycles. The molecule has 0 radical (unpaired) electrons. The fourth-order valence-electron chi connectivity index (χ4n) is 4.71. The molecule has 1 atom stereocenters. The van der Waals surface area contributed by atoms with Crippen molar-refractivity contribution in [3.8, 4) is 5.69 Å². The van der Waals surface area contributed by atoms with Gasteiger partial charge in [0.1, 0.15) is 5.69 Å². The summed E-state index contributed by atoms with van der Waals surface area (Å²) in [5.41, 5.74) is 3.76. The third kappa shape index (κ3) is 3.81. The number of aromatic nitrogens is 5. The van der Waals surface area contributed by atoms with Gasteiger partial charge in [-0.05, 0) is 53.9 Å². The predicted octanol–water partition coefficient (Wildman–Crippen LogP) is 5.97. The van der Waals surface area contributed by atoms with Crippen molar-refractivity contribution in [3.63, 3.8) is 0 Å². The minimum Gasteiger partial charge on any atom is -0.356 e. The Morgan fingerprint density at radius 1 is 1.03 bits per heavy atom. The van der Waals surface area contributed by atoms with Crippen LogP contribution in [0, 0.1) is 0 Å². The van der Waals surface area contributed by atoms with Crippen LogP contribution in [0.3, 0.4) is 0 Å². The molecule has 176 valence electrons. The molecule has 6 rings (SSSR count). The number of H-pyrrole nitrogens is 1. The fourth-order valence-corrected chi connectivity index (χ4v) is 4.88. The van der Waals surface area contributed by atoms with Gasteiger partial charge >= 0.3 is 6.18 Å². The molecular formula is C25H18ClF3N6. The van der Waals surface area contributed by atoms with E-state index in [0.29, 0.717) is 18.0 Å². The fraction of sp³-hybridized carbons (Fsp3) is 0.160. The lowest BCUT2D eigenvalue weighted by Gasteiger charge is -2.36. The molecule has 1 unspecified atom stereocenters. The largest absolute Gasteiger partial charge is 0.433 e. The first kappa shape index (κ1) is 21.7. The zero-order chi connectivity index (χ0) is 24.2. The SMILES string of the molecule is FC(F)(F)c1ccnc(N2CCc3c([nH]c4ccc(Cl)cc34)C2c2ccc(-n3ccnc3)cc2)n1. The molecule has 6 nitrogen and oxygen atoms in total. The van der Waals surface area contributed by atoms with Gasteiger partial charge in [0.2, 0.25) is 5.95 Å². The number of hydrogen-bond donors (Lipinski definition) is 1. The first-order chi connectivity index (χ1) is 16.9. The van der Waals surface area contributed by atoms with Crippen LogP contribution >= 0.6 is 11.6 Å². The van der Waals surface area contributed by atoms with Gasteiger partial charge in [-0.1, -0.05) is 23.7 Å². The molecule has 2 aromatic carbocycles. The summed E-state index contributed by atoms with van der Waals surface area (Å²) in [6.45, 7) is 0.446. The Morgan fingerprint density at radius 3 is 2.60 bits per heavy atom. The van der Waals surface area contributed by atoms with E-state index in [9.17, 15) is 13.2 Å². The highest BCUT2D eigenvalue weighted by molar-refractivity contribution is 6.31. The molecule has 5 aromatic rings. The molecule has 0 aliphatic carbocycles. The van der Waals surface area contributed by atoms with Crippen LogP contribution in [0.15, 0.2) is 73.4 Å².